The summed E-state index contributed by atoms with van der Waals surface area (Å²) in [4.78, 5) is 4.05. The molecule has 0 saturated carbocycles. The number of hydrogen-bond donors (Lipinski definition) is 0. The molecule has 1 aliphatic heterocycles. The van der Waals surface area contributed by atoms with Crippen LogP contribution in [0.4, 0.5) is 0 Å². The van der Waals surface area contributed by atoms with E-state index < -0.39 is 7.12 Å². The molecule has 1 fully saturated rings. The number of nitrogens with zero attached hydrogens (tertiary/aromatic N) is 1. The highest BCUT2D eigenvalue weighted by molar-refractivity contribution is 6.63. The summed E-state index contributed by atoms with van der Waals surface area (Å²) >= 11 is 5.84. The fourth-order valence-electron chi connectivity index (χ4n) is 1.75. The molecular formula is C12H17BClNO3. The summed E-state index contributed by atoms with van der Waals surface area (Å²) in [6.45, 7) is 8.01. The van der Waals surface area contributed by atoms with Crippen LogP contribution in [0, 0.1) is 0 Å². The van der Waals surface area contributed by atoms with Gasteiger partial charge in [-0.2, -0.15) is 0 Å². The molecule has 0 N–H and O–H groups in total. The summed E-state index contributed by atoms with van der Waals surface area (Å²) in [5, 5.41) is 0.382. The number of ether oxygens (including phenoxy) is 1. The van der Waals surface area contributed by atoms with E-state index in [2.05, 4.69) is 4.98 Å². The molecule has 0 bridgehead atoms. The molecule has 0 unspecified atom stereocenters. The molecule has 1 aliphatic rings. The van der Waals surface area contributed by atoms with Gasteiger partial charge in [-0.05, 0) is 27.7 Å². The molecule has 18 heavy (non-hydrogen) atoms. The van der Waals surface area contributed by atoms with Crippen LogP contribution in [0.3, 0.4) is 0 Å². The first-order valence-corrected chi connectivity index (χ1v) is 6.20. The molecule has 4 nitrogen and oxygen atoms in total. The van der Waals surface area contributed by atoms with Gasteiger partial charge in [-0.3, -0.25) is 0 Å². The van der Waals surface area contributed by atoms with Gasteiger partial charge in [0.05, 0.1) is 18.3 Å². The van der Waals surface area contributed by atoms with Crippen molar-refractivity contribution in [2.45, 2.75) is 38.9 Å². The van der Waals surface area contributed by atoms with E-state index in [1.54, 1.807) is 19.4 Å². The van der Waals surface area contributed by atoms with E-state index in [1.807, 2.05) is 27.7 Å². The van der Waals surface area contributed by atoms with Crippen molar-refractivity contribution in [3.8, 4) is 5.75 Å². The van der Waals surface area contributed by atoms with Gasteiger partial charge >= 0.3 is 7.12 Å². The quantitative estimate of drug-likeness (QED) is 0.608. The fourth-order valence-corrected chi connectivity index (χ4v) is 1.90. The minimum absolute atomic E-state index is 0.382. The largest absolute Gasteiger partial charge is 0.500 e. The molecular weight excluding hydrogens is 252 g/mol. The third-order valence-corrected chi connectivity index (χ3v) is 3.80. The first kappa shape index (κ1) is 13.7. The van der Waals surface area contributed by atoms with Crippen molar-refractivity contribution < 1.29 is 14.0 Å². The Hall–Kier alpha value is -0.775. The molecule has 6 heteroatoms. The summed E-state index contributed by atoms with van der Waals surface area (Å²) in [6.07, 6.45) is 1.63. The monoisotopic (exact) mass is 269 g/mol. The van der Waals surface area contributed by atoms with Gasteiger partial charge < -0.3 is 14.0 Å². The molecule has 0 aromatic carbocycles. The maximum Gasteiger partial charge on any atom is 0.500 e. The average Bonchev–Trinajstić information content (AvgIpc) is 2.47. The summed E-state index contributed by atoms with van der Waals surface area (Å²) in [6, 6.07) is 1.65. The highest BCUT2D eigenvalue weighted by Crippen LogP contribution is 2.37. The maximum atomic E-state index is 5.95. The van der Waals surface area contributed by atoms with E-state index in [-0.39, 0.29) is 11.2 Å². The fraction of sp³-hybridized carbons (Fsp3) is 0.583. The van der Waals surface area contributed by atoms with Gasteiger partial charge in [0.2, 0.25) is 0 Å². The van der Waals surface area contributed by atoms with Gasteiger partial charge in [-0.15, -0.1) is 0 Å². The molecule has 1 saturated heterocycles. The number of aromatic nitrogens is 1. The van der Waals surface area contributed by atoms with Gasteiger partial charge in [0.15, 0.2) is 0 Å². The zero-order valence-electron chi connectivity index (χ0n) is 11.3. The van der Waals surface area contributed by atoms with Crippen molar-refractivity contribution in [2.75, 3.05) is 7.11 Å². The second-order valence-electron chi connectivity index (χ2n) is 5.34. The molecule has 0 radical (unpaired) electrons. The predicted octanol–water partition coefficient (Wildman–Crippen LogP) is 2.04. The molecule has 0 amide bonds. The first-order valence-electron chi connectivity index (χ1n) is 5.82. The van der Waals surface area contributed by atoms with Gasteiger partial charge in [-0.25, -0.2) is 4.98 Å². The molecule has 98 valence electrons. The summed E-state index contributed by atoms with van der Waals surface area (Å²) in [5.41, 5.74) is -0.0227. The van der Waals surface area contributed by atoms with E-state index in [9.17, 15) is 0 Å². The lowest BCUT2D eigenvalue weighted by Gasteiger charge is -2.32. The Bertz CT molecular complexity index is 449. The molecule has 0 aliphatic carbocycles. The van der Waals surface area contributed by atoms with Crippen molar-refractivity contribution in [3.63, 3.8) is 0 Å². The van der Waals surface area contributed by atoms with Gasteiger partial charge in [0.25, 0.3) is 0 Å². The lowest BCUT2D eigenvalue weighted by Crippen LogP contribution is -2.41. The van der Waals surface area contributed by atoms with Crippen LogP contribution in [0.5, 0.6) is 5.75 Å². The Morgan fingerprint density at radius 1 is 1.22 bits per heavy atom. The smallest absolute Gasteiger partial charge is 0.497 e. The molecule has 1 aromatic heterocycles. The Labute approximate surface area is 113 Å². The van der Waals surface area contributed by atoms with Gasteiger partial charge in [0.1, 0.15) is 10.9 Å². The lowest BCUT2D eigenvalue weighted by atomic mass is 9.79. The number of hydrogen-bond acceptors (Lipinski definition) is 4. The zero-order valence-corrected chi connectivity index (χ0v) is 12.0. The number of halogens is 1. The Morgan fingerprint density at radius 3 is 2.28 bits per heavy atom. The van der Waals surface area contributed by atoms with Crippen LogP contribution in [0.1, 0.15) is 27.7 Å². The van der Waals surface area contributed by atoms with Gasteiger partial charge in [-0.1, -0.05) is 11.6 Å². The molecule has 2 heterocycles. The standard InChI is InChI=1S/C12H17BClNO3/c1-11(2)12(3,4)18-13(17-11)8-7-15-10(14)6-9(8)16-5/h6-7H,1-5H3. The van der Waals surface area contributed by atoms with Crippen LogP contribution in [-0.2, 0) is 9.31 Å². The van der Waals surface area contributed by atoms with E-state index >= 15 is 0 Å². The summed E-state index contributed by atoms with van der Waals surface area (Å²) < 4.78 is 17.2. The minimum Gasteiger partial charge on any atom is -0.497 e. The molecule has 2 rings (SSSR count). The van der Waals surface area contributed by atoms with Gasteiger partial charge in [0, 0.05) is 17.7 Å². The summed E-state index contributed by atoms with van der Waals surface area (Å²) in [7, 11) is 1.09. The molecule has 1 aromatic rings. The molecule has 0 spiro atoms. The van der Waals surface area contributed by atoms with Crippen molar-refractivity contribution in [1.82, 2.24) is 4.98 Å². The van der Waals surface area contributed by atoms with Crippen molar-refractivity contribution in [3.05, 3.63) is 17.4 Å². The van der Waals surface area contributed by atoms with Crippen molar-refractivity contribution in [1.29, 1.82) is 0 Å². The van der Waals surface area contributed by atoms with Crippen LogP contribution in [0.2, 0.25) is 5.15 Å². The van der Waals surface area contributed by atoms with Crippen molar-refractivity contribution >= 4 is 24.2 Å². The normalized spacial score (nSPS) is 21.1. The lowest BCUT2D eigenvalue weighted by molar-refractivity contribution is 0.00578. The highest BCUT2D eigenvalue weighted by atomic mass is 35.5. The van der Waals surface area contributed by atoms with E-state index in [0.717, 1.165) is 5.46 Å². The maximum absolute atomic E-state index is 5.95. The summed E-state index contributed by atoms with van der Waals surface area (Å²) in [5.74, 6) is 0.619. The highest BCUT2D eigenvalue weighted by Gasteiger charge is 2.52. The number of rotatable bonds is 2. The van der Waals surface area contributed by atoms with E-state index in [4.69, 9.17) is 25.6 Å². The van der Waals surface area contributed by atoms with Crippen LogP contribution >= 0.6 is 11.6 Å². The number of methoxy groups -OCH3 is 1. The third kappa shape index (κ3) is 2.22. The van der Waals surface area contributed by atoms with Crippen LogP contribution in [0.15, 0.2) is 12.3 Å². The second-order valence-corrected chi connectivity index (χ2v) is 5.72. The third-order valence-electron chi connectivity index (χ3n) is 3.59. The first-order chi connectivity index (χ1) is 8.27. The number of pyridine rings is 1. The topological polar surface area (TPSA) is 40.6 Å². The van der Waals surface area contributed by atoms with Crippen molar-refractivity contribution in [2.24, 2.45) is 0 Å². The minimum atomic E-state index is -0.491. The predicted molar refractivity (Wildman–Crippen MR) is 71.5 cm³/mol. The van der Waals surface area contributed by atoms with Crippen LogP contribution < -0.4 is 10.2 Å². The second kappa shape index (κ2) is 4.40. The Kier molecular flexibility index (Phi) is 3.34. The van der Waals surface area contributed by atoms with E-state index in [0.29, 0.717) is 10.9 Å². The Balaban J connectivity index is 2.35. The zero-order chi connectivity index (χ0) is 13.6. The SMILES string of the molecule is COc1cc(Cl)ncc1B1OC(C)(C)C(C)(C)O1. The molecule has 0 atom stereocenters. The van der Waals surface area contributed by atoms with E-state index in [1.165, 1.54) is 0 Å². The Morgan fingerprint density at radius 2 is 1.78 bits per heavy atom. The average molecular weight is 270 g/mol. The van der Waals surface area contributed by atoms with Crippen LogP contribution in [0.25, 0.3) is 0 Å². The van der Waals surface area contributed by atoms with Crippen LogP contribution in [-0.4, -0.2) is 30.4 Å².